The summed E-state index contributed by atoms with van der Waals surface area (Å²) in [7, 11) is 1.53. The van der Waals surface area contributed by atoms with Gasteiger partial charge in [0.15, 0.2) is 5.76 Å². The number of carbonyl (C=O) groups is 3. The van der Waals surface area contributed by atoms with Crippen molar-refractivity contribution in [2.24, 2.45) is 0 Å². The number of esters is 1. The molecule has 2 aromatic rings. The highest BCUT2D eigenvalue weighted by atomic mass is 16.6. The topological polar surface area (TPSA) is 114 Å². The minimum atomic E-state index is -0.484. The number of likely N-dealkylation sites (tertiary alicyclic amines) is 1. The highest BCUT2D eigenvalue weighted by Crippen LogP contribution is 2.20. The van der Waals surface area contributed by atoms with Crippen LogP contribution in [0.1, 0.15) is 55.5 Å². The Labute approximate surface area is 174 Å². The molecule has 0 aliphatic carbocycles. The van der Waals surface area contributed by atoms with Gasteiger partial charge in [0.05, 0.1) is 18.4 Å². The van der Waals surface area contributed by atoms with Gasteiger partial charge in [-0.2, -0.15) is 0 Å². The van der Waals surface area contributed by atoms with Crippen LogP contribution in [-0.2, 0) is 9.47 Å². The molecule has 1 saturated heterocycles. The maximum absolute atomic E-state index is 12.8. The Balaban J connectivity index is 1.57. The quantitative estimate of drug-likeness (QED) is 0.527. The Kier molecular flexibility index (Phi) is 6.94. The molecule has 9 nitrogen and oxygen atoms in total. The van der Waals surface area contributed by atoms with Crippen molar-refractivity contribution in [3.8, 4) is 0 Å². The normalized spacial score (nSPS) is 14.6. The zero-order valence-electron chi connectivity index (χ0n) is 17.4. The van der Waals surface area contributed by atoms with Gasteiger partial charge in [0.25, 0.3) is 11.8 Å². The van der Waals surface area contributed by atoms with Crippen molar-refractivity contribution in [3.05, 3.63) is 46.7 Å². The first-order valence-corrected chi connectivity index (χ1v) is 9.91. The first-order valence-electron chi connectivity index (χ1n) is 9.91. The number of nitrogens with zero attached hydrogens (tertiary/aromatic N) is 1. The highest BCUT2D eigenvalue weighted by molar-refractivity contribution is 6.00. The third-order valence-electron chi connectivity index (χ3n) is 5.24. The number of carbonyl (C=O) groups excluding carboxylic acids is 3. The molecule has 162 valence electrons. The minimum absolute atomic E-state index is 0.0572. The first kappa shape index (κ1) is 21.6. The summed E-state index contributed by atoms with van der Waals surface area (Å²) in [4.78, 5) is 42.1. The van der Waals surface area contributed by atoms with Crippen molar-refractivity contribution < 1.29 is 28.3 Å². The first-order chi connectivity index (χ1) is 14.4. The van der Waals surface area contributed by atoms with Crippen LogP contribution in [0, 0.1) is 13.8 Å². The summed E-state index contributed by atoms with van der Waals surface area (Å²) in [5.41, 5.74) is 1.85. The molecular formula is C21H27N3O6. The smallest absolute Gasteiger partial charge is 0.340 e. The molecule has 2 N–H and O–H groups in total. The molecule has 0 atom stereocenters. The van der Waals surface area contributed by atoms with Gasteiger partial charge in [-0.1, -0.05) is 0 Å². The monoisotopic (exact) mass is 417 g/mol. The maximum Gasteiger partial charge on any atom is 0.340 e. The molecule has 0 unspecified atom stereocenters. The second-order valence-electron chi connectivity index (χ2n) is 7.27. The second-order valence-corrected chi connectivity index (χ2v) is 7.27. The van der Waals surface area contributed by atoms with E-state index >= 15 is 0 Å². The van der Waals surface area contributed by atoms with Crippen molar-refractivity contribution in [2.45, 2.75) is 32.7 Å². The van der Waals surface area contributed by atoms with E-state index in [0.717, 1.165) is 0 Å². The number of rotatable bonds is 7. The van der Waals surface area contributed by atoms with Crippen LogP contribution in [0.4, 0.5) is 0 Å². The predicted molar refractivity (Wildman–Crippen MR) is 108 cm³/mol. The number of furan rings is 1. The Bertz CT molecular complexity index is 894. The standard InChI is InChI=1S/C21H27N3O6/c1-13-17(21(27)30-12-11-28-3)14(2)22-18(13)19(25)23-15-6-8-24(9-7-15)20(26)16-5-4-10-29-16/h4-5,10,15,22H,6-9,11-12H2,1-3H3,(H,23,25). The largest absolute Gasteiger partial charge is 0.460 e. The third kappa shape index (κ3) is 4.73. The average Bonchev–Trinajstić information content (AvgIpc) is 3.36. The number of nitrogens with one attached hydrogen (secondary N) is 2. The predicted octanol–water partition coefficient (Wildman–Crippen LogP) is 2.06. The molecular weight excluding hydrogens is 390 g/mol. The van der Waals surface area contributed by atoms with Crippen LogP contribution >= 0.6 is 0 Å². The number of hydrogen-bond acceptors (Lipinski definition) is 6. The molecule has 1 fully saturated rings. The Morgan fingerprint density at radius 2 is 1.97 bits per heavy atom. The molecule has 0 radical (unpaired) electrons. The van der Waals surface area contributed by atoms with Gasteiger partial charge in [-0.15, -0.1) is 0 Å². The zero-order chi connectivity index (χ0) is 21.7. The van der Waals surface area contributed by atoms with E-state index in [4.69, 9.17) is 13.9 Å². The molecule has 3 heterocycles. The number of H-pyrrole nitrogens is 1. The van der Waals surface area contributed by atoms with Gasteiger partial charge in [-0.05, 0) is 44.4 Å². The summed E-state index contributed by atoms with van der Waals surface area (Å²) in [6.45, 7) is 4.97. The van der Waals surface area contributed by atoms with E-state index in [-0.39, 0.29) is 24.5 Å². The summed E-state index contributed by atoms with van der Waals surface area (Å²) in [6.07, 6.45) is 2.76. The number of amides is 2. The van der Waals surface area contributed by atoms with E-state index in [1.807, 2.05) is 0 Å². The van der Waals surface area contributed by atoms with Gasteiger partial charge in [0, 0.05) is 31.9 Å². The average molecular weight is 417 g/mol. The van der Waals surface area contributed by atoms with E-state index in [1.54, 1.807) is 30.9 Å². The van der Waals surface area contributed by atoms with Crippen LogP contribution in [0.5, 0.6) is 0 Å². The Morgan fingerprint density at radius 3 is 2.60 bits per heavy atom. The number of aromatic amines is 1. The van der Waals surface area contributed by atoms with Crippen LogP contribution in [-0.4, -0.2) is 67.1 Å². The fourth-order valence-corrected chi connectivity index (χ4v) is 3.61. The summed E-state index contributed by atoms with van der Waals surface area (Å²) < 4.78 is 15.2. The number of methoxy groups -OCH3 is 1. The van der Waals surface area contributed by atoms with Gasteiger partial charge >= 0.3 is 5.97 Å². The number of hydrogen-bond donors (Lipinski definition) is 2. The molecule has 30 heavy (non-hydrogen) atoms. The number of piperidine rings is 1. The maximum atomic E-state index is 12.8. The fraction of sp³-hybridized carbons (Fsp3) is 0.476. The van der Waals surface area contributed by atoms with Gasteiger partial charge in [0.1, 0.15) is 12.3 Å². The van der Waals surface area contributed by atoms with Gasteiger partial charge < -0.3 is 29.1 Å². The van der Waals surface area contributed by atoms with E-state index in [0.29, 0.717) is 60.8 Å². The van der Waals surface area contributed by atoms with Crippen molar-refractivity contribution >= 4 is 17.8 Å². The number of ether oxygens (including phenoxy) is 2. The van der Waals surface area contributed by atoms with E-state index in [9.17, 15) is 14.4 Å². The highest BCUT2D eigenvalue weighted by Gasteiger charge is 2.28. The molecule has 0 spiro atoms. The lowest BCUT2D eigenvalue weighted by atomic mass is 10.0. The molecule has 0 bridgehead atoms. The van der Waals surface area contributed by atoms with Gasteiger partial charge in [-0.3, -0.25) is 9.59 Å². The molecule has 0 aromatic carbocycles. The molecule has 9 heteroatoms. The molecule has 3 rings (SSSR count). The fourth-order valence-electron chi connectivity index (χ4n) is 3.61. The lowest BCUT2D eigenvalue weighted by Gasteiger charge is -2.31. The van der Waals surface area contributed by atoms with Crippen molar-refractivity contribution in [1.82, 2.24) is 15.2 Å². The second kappa shape index (κ2) is 9.62. The summed E-state index contributed by atoms with van der Waals surface area (Å²) >= 11 is 0. The Hall–Kier alpha value is -3.07. The number of aryl methyl sites for hydroxylation is 1. The summed E-state index contributed by atoms with van der Waals surface area (Å²) in [6, 6.07) is 3.27. The van der Waals surface area contributed by atoms with Crippen LogP contribution < -0.4 is 5.32 Å². The van der Waals surface area contributed by atoms with Gasteiger partial charge in [-0.25, -0.2) is 4.79 Å². The lowest BCUT2D eigenvalue weighted by molar-refractivity contribution is 0.0386. The van der Waals surface area contributed by atoms with Crippen molar-refractivity contribution in [3.63, 3.8) is 0 Å². The minimum Gasteiger partial charge on any atom is -0.460 e. The lowest BCUT2D eigenvalue weighted by Crippen LogP contribution is -2.46. The number of aromatic nitrogens is 1. The van der Waals surface area contributed by atoms with E-state index in [2.05, 4.69) is 10.3 Å². The molecule has 1 aliphatic rings. The molecule has 2 amide bonds. The third-order valence-corrected chi connectivity index (χ3v) is 5.24. The van der Waals surface area contributed by atoms with Gasteiger partial charge in [0.2, 0.25) is 0 Å². The van der Waals surface area contributed by atoms with E-state index < -0.39 is 5.97 Å². The molecule has 1 aliphatic heterocycles. The summed E-state index contributed by atoms with van der Waals surface area (Å²) in [5, 5.41) is 3.00. The van der Waals surface area contributed by atoms with E-state index in [1.165, 1.54) is 13.4 Å². The van der Waals surface area contributed by atoms with Crippen LogP contribution in [0.2, 0.25) is 0 Å². The molecule has 0 saturated carbocycles. The molecule has 2 aromatic heterocycles. The summed E-state index contributed by atoms with van der Waals surface area (Å²) in [5.74, 6) is -0.582. The van der Waals surface area contributed by atoms with Crippen LogP contribution in [0.3, 0.4) is 0 Å². The SMILES string of the molecule is COCCOC(=O)c1c(C)[nH]c(C(=O)NC2CCN(C(=O)c3ccco3)CC2)c1C. The van der Waals surface area contributed by atoms with Crippen LogP contribution in [0.15, 0.2) is 22.8 Å². The zero-order valence-corrected chi connectivity index (χ0v) is 17.4. The Morgan fingerprint density at radius 1 is 1.23 bits per heavy atom. The van der Waals surface area contributed by atoms with Crippen LogP contribution in [0.25, 0.3) is 0 Å². The van der Waals surface area contributed by atoms with Crippen molar-refractivity contribution in [1.29, 1.82) is 0 Å². The van der Waals surface area contributed by atoms with Crippen molar-refractivity contribution in [2.75, 3.05) is 33.4 Å².